The van der Waals surface area contributed by atoms with Crippen molar-refractivity contribution in [3.8, 4) is 0 Å². The van der Waals surface area contributed by atoms with Gasteiger partial charge in [-0.3, -0.25) is 9.59 Å². The number of benzene rings is 1. The van der Waals surface area contributed by atoms with Gasteiger partial charge in [-0.1, -0.05) is 49.1 Å². The maximum absolute atomic E-state index is 12.5. The monoisotopic (exact) mass is 390 g/mol. The highest BCUT2D eigenvalue weighted by Gasteiger charge is 2.32. The Morgan fingerprint density at radius 1 is 1.15 bits per heavy atom. The normalized spacial score (nSPS) is 22.9. The molecule has 2 heterocycles. The molecule has 26 heavy (non-hydrogen) atoms. The molecule has 4 rings (SSSR count). The molecule has 1 saturated heterocycles. The van der Waals surface area contributed by atoms with Gasteiger partial charge in [0, 0.05) is 23.2 Å². The van der Waals surface area contributed by atoms with Crippen LogP contribution in [-0.4, -0.2) is 36.3 Å². The van der Waals surface area contributed by atoms with E-state index >= 15 is 0 Å². The van der Waals surface area contributed by atoms with Crippen LogP contribution in [0.1, 0.15) is 41.8 Å². The number of amides is 2. The van der Waals surface area contributed by atoms with Crippen molar-refractivity contribution < 1.29 is 9.59 Å². The Balaban J connectivity index is 1.36. The van der Waals surface area contributed by atoms with E-state index in [9.17, 15) is 9.59 Å². The van der Waals surface area contributed by atoms with Crippen molar-refractivity contribution in [2.24, 2.45) is 11.8 Å². The number of halogens is 1. The van der Waals surface area contributed by atoms with Gasteiger partial charge in [0.15, 0.2) is 0 Å². The minimum absolute atomic E-state index is 0.0135. The second kappa shape index (κ2) is 7.57. The Morgan fingerprint density at radius 2 is 1.92 bits per heavy atom. The first kappa shape index (κ1) is 17.8. The third kappa shape index (κ3) is 3.47. The first-order chi connectivity index (χ1) is 12.6. The zero-order valence-electron chi connectivity index (χ0n) is 14.7. The summed E-state index contributed by atoms with van der Waals surface area (Å²) < 4.78 is 0.980. The number of carbonyl (C=O) groups is 2. The van der Waals surface area contributed by atoms with E-state index in [4.69, 9.17) is 11.6 Å². The molecular formula is C20H23ClN2O2S. The fourth-order valence-corrected chi connectivity index (χ4v) is 5.77. The van der Waals surface area contributed by atoms with Crippen LogP contribution in [0.4, 0.5) is 0 Å². The Labute approximate surface area is 162 Å². The van der Waals surface area contributed by atoms with Gasteiger partial charge in [-0.25, -0.2) is 0 Å². The second-order valence-electron chi connectivity index (χ2n) is 7.36. The maximum Gasteiger partial charge on any atom is 0.263 e. The molecule has 0 unspecified atom stereocenters. The van der Waals surface area contributed by atoms with E-state index in [2.05, 4.69) is 5.32 Å². The van der Waals surface area contributed by atoms with Gasteiger partial charge < -0.3 is 10.2 Å². The number of fused-ring (bicyclic) bond motifs is 2. The number of carbonyl (C=O) groups excluding carboxylic acids is 2. The summed E-state index contributed by atoms with van der Waals surface area (Å²) in [7, 11) is 0. The van der Waals surface area contributed by atoms with E-state index in [-0.39, 0.29) is 18.4 Å². The number of hydrogen-bond donors (Lipinski definition) is 1. The van der Waals surface area contributed by atoms with Crippen molar-refractivity contribution in [1.29, 1.82) is 0 Å². The van der Waals surface area contributed by atoms with Crippen LogP contribution in [0.5, 0.6) is 0 Å². The van der Waals surface area contributed by atoms with Gasteiger partial charge in [-0.05, 0) is 30.7 Å². The Bertz CT molecular complexity index is 834. The van der Waals surface area contributed by atoms with Crippen LogP contribution in [0.3, 0.4) is 0 Å². The predicted molar refractivity (Wildman–Crippen MR) is 106 cm³/mol. The van der Waals surface area contributed by atoms with Crippen molar-refractivity contribution in [1.82, 2.24) is 10.2 Å². The molecule has 0 bridgehead atoms. The fourth-order valence-electron chi connectivity index (χ4n) is 4.34. The van der Waals surface area contributed by atoms with Crippen molar-refractivity contribution in [3.63, 3.8) is 0 Å². The first-order valence-electron chi connectivity index (χ1n) is 9.36. The van der Waals surface area contributed by atoms with Crippen LogP contribution in [0, 0.1) is 11.8 Å². The van der Waals surface area contributed by atoms with Crippen LogP contribution < -0.4 is 5.32 Å². The van der Waals surface area contributed by atoms with Crippen molar-refractivity contribution in [2.75, 3.05) is 19.6 Å². The van der Waals surface area contributed by atoms with E-state index in [0.717, 1.165) is 35.5 Å². The van der Waals surface area contributed by atoms with E-state index in [1.165, 1.54) is 37.0 Å². The number of likely N-dealkylation sites (tertiary alicyclic amines) is 1. The molecule has 2 atom stereocenters. The summed E-state index contributed by atoms with van der Waals surface area (Å²) in [6.45, 7) is 1.71. The summed E-state index contributed by atoms with van der Waals surface area (Å²) in [4.78, 5) is 27.4. The maximum atomic E-state index is 12.5. The van der Waals surface area contributed by atoms with Crippen molar-refractivity contribution in [2.45, 2.75) is 32.1 Å². The van der Waals surface area contributed by atoms with Gasteiger partial charge in [0.05, 0.1) is 11.6 Å². The largest absolute Gasteiger partial charge is 0.342 e. The van der Waals surface area contributed by atoms with E-state index in [1.54, 1.807) is 0 Å². The summed E-state index contributed by atoms with van der Waals surface area (Å²) in [6.07, 6.45) is 6.27. The SMILES string of the molecule is O=C(NCC(=O)N1CC[C@H]2CCCC[C@H]2C1)c1sc2ccccc2c1Cl. The summed E-state index contributed by atoms with van der Waals surface area (Å²) in [6, 6.07) is 7.68. The summed E-state index contributed by atoms with van der Waals surface area (Å²) in [5.41, 5.74) is 0. The molecule has 2 aliphatic rings. The lowest BCUT2D eigenvalue weighted by molar-refractivity contribution is -0.133. The number of thiophene rings is 1. The molecular weight excluding hydrogens is 368 g/mol. The molecule has 6 heteroatoms. The molecule has 138 valence electrons. The van der Waals surface area contributed by atoms with Crippen LogP contribution in [-0.2, 0) is 4.79 Å². The quantitative estimate of drug-likeness (QED) is 0.848. The lowest BCUT2D eigenvalue weighted by Crippen LogP contribution is -2.48. The van der Waals surface area contributed by atoms with Gasteiger partial charge in [-0.15, -0.1) is 11.3 Å². The summed E-state index contributed by atoms with van der Waals surface area (Å²) in [5, 5.41) is 4.12. The minimum Gasteiger partial charge on any atom is -0.342 e. The molecule has 1 aliphatic heterocycles. The van der Waals surface area contributed by atoms with Gasteiger partial charge >= 0.3 is 0 Å². The summed E-state index contributed by atoms with van der Waals surface area (Å²) >= 11 is 7.71. The number of hydrogen-bond acceptors (Lipinski definition) is 3. The third-order valence-electron chi connectivity index (χ3n) is 5.79. The molecule has 4 nitrogen and oxygen atoms in total. The van der Waals surface area contributed by atoms with Gasteiger partial charge in [0.1, 0.15) is 4.88 Å². The van der Waals surface area contributed by atoms with E-state index < -0.39 is 0 Å². The third-order valence-corrected chi connectivity index (χ3v) is 7.46. The molecule has 2 amide bonds. The zero-order valence-corrected chi connectivity index (χ0v) is 16.2. The molecule has 1 aliphatic carbocycles. The Hall–Kier alpha value is -1.59. The summed E-state index contributed by atoms with van der Waals surface area (Å²) in [5.74, 6) is 1.19. The van der Waals surface area contributed by atoms with Crippen molar-refractivity contribution in [3.05, 3.63) is 34.2 Å². The van der Waals surface area contributed by atoms with Gasteiger partial charge in [0.25, 0.3) is 5.91 Å². The highest BCUT2D eigenvalue weighted by molar-refractivity contribution is 7.21. The Kier molecular flexibility index (Phi) is 5.18. The number of rotatable bonds is 3. The van der Waals surface area contributed by atoms with Gasteiger partial charge in [-0.2, -0.15) is 0 Å². The van der Waals surface area contributed by atoms with E-state index in [0.29, 0.717) is 15.8 Å². The average Bonchev–Trinajstić information content (AvgIpc) is 3.02. The fraction of sp³-hybridized carbons (Fsp3) is 0.500. The zero-order chi connectivity index (χ0) is 18.1. The molecule has 1 saturated carbocycles. The van der Waals surface area contributed by atoms with Crippen LogP contribution >= 0.6 is 22.9 Å². The molecule has 0 spiro atoms. The molecule has 0 radical (unpaired) electrons. The smallest absolute Gasteiger partial charge is 0.263 e. The Morgan fingerprint density at radius 3 is 2.73 bits per heavy atom. The van der Waals surface area contributed by atoms with Gasteiger partial charge in [0.2, 0.25) is 5.91 Å². The molecule has 2 aromatic rings. The number of nitrogens with one attached hydrogen (secondary N) is 1. The number of piperidine rings is 1. The van der Waals surface area contributed by atoms with Crippen LogP contribution in [0.15, 0.2) is 24.3 Å². The van der Waals surface area contributed by atoms with Crippen molar-refractivity contribution >= 4 is 44.8 Å². The second-order valence-corrected chi connectivity index (χ2v) is 8.79. The molecule has 1 aromatic heterocycles. The number of nitrogens with zero attached hydrogens (tertiary/aromatic N) is 1. The predicted octanol–water partition coefficient (Wildman–Crippen LogP) is 4.32. The highest BCUT2D eigenvalue weighted by atomic mass is 35.5. The van der Waals surface area contributed by atoms with E-state index in [1.807, 2.05) is 29.2 Å². The van der Waals surface area contributed by atoms with Crippen LogP contribution in [0.2, 0.25) is 5.02 Å². The van der Waals surface area contributed by atoms with Crippen LogP contribution in [0.25, 0.3) is 10.1 Å². The molecule has 1 N–H and O–H groups in total. The molecule has 1 aromatic carbocycles. The standard InChI is InChI=1S/C20H23ClN2O2S/c21-18-15-7-3-4-8-16(15)26-19(18)20(25)22-11-17(24)23-10-9-13-5-1-2-6-14(13)12-23/h3-4,7-8,13-14H,1-2,5-6,9-12H2,(H,22,25)/t13-,14+/m1/s1. The molecule has 2 fully saturated rings. The lowest BCUT2D eigenvalue weighted by Gasteiger charge is -2.41. The lowest BCUT2D eigenvalue weighted by atomic mass is 9.75. The highest BCUT2D eigenvalue weighted by Crippen LogP contribution is 2.36. The topological polar surface area (TPSA) is 49.4 Å². The average molecular weight is 391 g/mol. The first-order valence-corrected chi connectivity index (χ1v) is 10.6. The minimum atomic E-state index is -0.267.